The predicted molar refractivity (Wildman–Crippen MR) is 488 cm³/mol. The number of quaternary nitrogens is 1. The molecule has 4 heterocycles. The highest BCUT2D eigenvalue weighted by molar-refractivity contribution is 6.31. The number of nitrogens with one attached hydrogen (secondary N) is 1. The number of carbonyl (C=O) groups excluding carboxylic acids is 9. The second-order valence-corrected chi connectivity index (χ2v) is 35.5. The van der Waals surface area contributed by atoms with Gasteiger partial charge in [-0.05, 0) is 162 Å². The molecule has 0 saturated heterocycles. The number of amides is 5. The molecule has 0 saturated carbocycles. The third-order valence-corrected chi connectivity index (χ3v) is 22.4. The zero-order valence-electron chi connectivity index (χ0n) is 74.1. The highest BCUT2D eigenvalue weighted by atomic mass is 127. The number of allylic oxidation sites excluding steroid dienone is 4. The molecule has 21 nitrogen and oxygen atoms in total. The summed E-state index contributed by atoms with van der Waals surface area (Å²) in [6.45, 7) is 20.9. The van der Waals surface area contributed by atoms with Crippen LogP contribution in [0.5, 0.6) is 0 Å². The van der Waals surface area contributed by atoms with E-state index < -0.39 is 29.6 Å². The molecule has 0 fully saturated rings. The van der Waals surface area contributed by atoms with Crippen LogP contribution in [0.15, 0.2) is 263 Å². The van der Waals surface area contributed by atoms with Crippen molar-refractivity contribution >= 4 is 100 Å². The summed E-state index contributed by atoms with van der Waals surface area (Å²) in [6.07, 6.45) is 0.224. The summed E-state index contributed by atoms with van der Waals surface area (Å²) in [5.74, 6) is -2.95. The summed E-state index contributed by atoms with van der Waals surface area (Å²) < 4.78 is 28.6. The molecule has 4 atom stereocenters. The number of benzene rings is 8. The number of alkyl carbamates (subject to hydrolysis) is 1. The van der Waals surface area contributed by atoms with Gasteiger partial charge in [-0.25, -0.2) is 24.0 Å². The van der Waals surface area contributed by atoms with Crippen LogP contribution in [0.2, 0.25) is 20.1 Å². The van der Waals surface area contributed by atoms with E-state index >= 15 is 0 Å². The van der Waals surface area contributed by atoms with Gasteiger partial charge in [-0.3, -0.25) is 19.2 Å². The molecule has 4 unspecified atom stereocenters. The first-order valence-electron chi connectivity index (χ1n) is 41.8. The molecule has 5 amide bonds. The Balaban J connectivity index is 0.000000208. The van der Waals surface area contributed by atoms with Gasteiger partial charge in [0.1, 0.15) is 32.0 Å². The molecule has 4 aliphatic heterocycles. The second kappa shape index (κ2) is 47.9. The number of carbonyl (C=O) groups is 9. The number of hydrogen-bond donors (Lipinski definition) is 1. The maximum atomic E-state index is 13.3. The van der Waals surface area contributed by atoms with E-state index in [2.05, 4.69) is 40.3 Å². The fourth-order valence-corrected chi connectivity index (χ4v) is 15.4. The molecule has 1 N–H and O–H groups in total. The van der Waals surface area contributed by atoms with Crippen LogP contribution in [0, 0.1) is 5.92 Å². The quantitative estimate of drug-likeness (QED) is 0.0218. The fraction of sp³-hybridized carbons (Fsp3) is 0.350. The lowest BCUT2D eigenvalue weighted by Gasteiger charge is -2.36. The third kappa shape index (κ3) is 29.8. The Morgan fingerprint density at radius 3 is 0.913 bits per heavy atom. The lowest BCUT2D eigenvalue weighted by Crippen LogP contribution is -3.00. The molecule has 126 heavy (non-hydrogen) atoms. The van der Waals surface area contributed by atoms with Gasteiger partial charge in [-0.15, -0.1) is 0 Å². The van der Waals surface area contributed by atoms with E-state index in [-0.39, 0.29) is 142 Å². The number of rotatable bonds is 27. The topological polar surface area (TPSA) is 228 Å². The summed E-state index contributed by atoms with van der Waals surface area (Å²) >= 11 is 24.2. The van der Waals surface area contributed by atoms with Gasteiger partial charge < -0.3 is 82.0 Å². The van der Waals surface area contributed by atoms with Crippen molar-refractivity contribution in [1.82, 2.24) is 29.8 Å². The molecular formula is C100H114Cl4IN7O14. The average molecular weight is 1910 g/mol. The van der Waals surface area contributed by atoms with Crippen LogP contribution in [0.3, 0.4) is 0 Å². The lowest BCUT2D eigenvalue weighted by atomic mass is 9.83. The van der Waals surface area contributed by atoms with Crippen LogP contribution < -0.4 is 29.3 Å². The Kier molecular flexibility index (Phi) is 38.4. The van der Waals surface area contributed by atoms with Gasteiger partial charge in [0, 0.05) is 125 Å². The SMILES string of the molecule is CC1=C(C(=O)OCc2ccccc2)C(c2ccc(Cl)cc2)CC(=O)N1CC(C)C.CC1=C(C(=O)OCc2ccccc2)C(c2ccc(Cl)cc2)CC(=O)N1CCN(C)C.CC1=C(C(=O)OCc2ccccc2)C(c2ccc(Cl)cc2)CC(=O)N1CCNC(=O)OC(C)(C)C.CC1=C(C(=O)OCc2ccccc2)C(c2ccc(Cl)cc2)CC(=O)N1CC[N+](C)(C)C.[I-]. The molecule has 0 aliphatic carbocycles. The van der Waals surface area contributed by atoms with Crippen LogP contribution in [0.1, 0.15) is 156 Å². The van der Waals surface area contributed by atoms with Crippen molar-refractivity contribution in [3.63, 3.8) is 0 Å². The Hall–Kier alpha value is -10.4. The van der Waals surface area contributed by atoms with Crippen molar-refractivity contribution in [2.24, 2.45) is 5.92 Å². The molecule has 26 heteroatoms. The number of hydrogen-bond acceptors (Lipinski definition) is 15. The highest BCUT2D eigenvalue weighted by Crippen LogP contribution is 2.43. The van der Waals surface area contributed by atoms with E-state index in [1.54, 1.807) is 90.9 Å². The predicted octanol–water partition coefficient (Wildman–Crippen LogP) is 16.1. The van der Waals surface area contributed by atoms with Crippen LogP contribution in [0.4, 0.5) is 4.79 Å². The average Bonchev–Trinajstić information content (AvgIpc) is 0.793. The molecular weight excluding hydrogens is 1790 g/mol. The summed E-state index contributed by atoms with van der Waals surface area (Å²) in [4.78, 5) is 125. The standard InChI is InChI=1S/C27H31ClN2O5.C25H30ClN2O3.C24H27ClN2O3.C24H26ClNO3.HI/c1-18-24(25(32)34-17-19-8-6-5-7-9-19)22(20-10-12-21(28)13-11-20)16-23(31)30(18)15-14-29-26(33)35-27(2,3)4;1-18-24(25(30)31-17-19-8-6-5-7-9-19)22(20-10-12-21(26)13-11-20)16-23(29)27(18)14-15-28(2,3)4;1-17-23(24(29)30-16-18-7-5-4-6-8-18)21(19-9-11-20(25)12-10-19)15-22(28)27(17)14-13-26(2)3;1-16(2)14-26-17(3)23(24(28)29-15-18-7-5-4-6-8-18)21(13-22(26)27)19-9-11-20(25)12-10-19;/h5-13,22H,14-17H2,1-4H3,(H,29,33);5-13,22H,14-17H2,1-4H3;4-12,21H,13-16H2,1-3H3;4-12,16,21H,13-15H2,1-3H3;1H/q;+1;;;/p-1. The van der Waals surface area contributed by atoms with Gasteiger partial charge in [0.05, 0.1) is 56.5 Å². The Morgan fingerprint density at radius 1 is 0.405 bits per heavy atom. The Bertz CT molecular complexity index is 5180. The maximum absolute atomic E-state index is 13.3. The number of esters is 4. The molecule has 0 aromatic heterocycles. The molecule has 668 valence electrons. The zero-order valence-corrected chi connectivity index (χ0v) is 79.2. The number of nitrogens with zero attached hydrogens (tertiary/aromatic N) is 6. The van der Waals surface area contributed by atoms with Crippen molar-refractivity contribution in [1.29, 1.82) is 0 Å². The zero-order chi connectivity index (χ0) is 90.8. The van der Waals surface area contributed by atoms with E-state index in [0.29, 0.717) is 97.3 Å². The van der Waals surface area contributed by atoms with Crippen molar-refractivity contribution in [3.8, 4) is 0 Å². The van der Waals surface area contributed by atoms with E-state index in [1.807, 2.05) is 210 Å². The molecule has 12 rings (SSSR count). The largest absolute Gasteiger partial charge is 1.00 e. The Morgan fingerprint density at radius 2 is 0.659 bits per heavy atom. The van der Waals surface area contributed by atoms with Crippen molar-refractivity contribution in [3.05, 3.63) is 328 Å². The number of halogens is 5. The van der Waals surface area contributed by atoms with Gasteiger partial charge in [0.2, 0.25) is 23.6 Å². The molecule has 4 aliphatic rings. The minimum absolute atomic E-state index is 0. The number of likely N-dealkylation sites (N-methyl/N-ethyl adjacent to an activating group) is 2. The first-order chi connectivity index (χ1) is 59.4. The molecule has 0 spiro atoms. The lowest BCUT2D eigenvalue weighted by molar-refractivity contribution is -0.869. The summed E-state index contributed by atoms with van der Waals surface area (Å²) in [5.41, 5.74) is 11.0. The normalized spacial score (nSPS) is 16.7. The van der Waals surface area contributed by atoms with Gasteiger partial charge in [-0.1, -0.05) is 230 Å². The molecule has 0 radical (unpaired) electrons. The highest BCUT2D eigenvalue weighted by Gasteiger charge is 2.42. The molecule has 0 bridgehead atoms. The fourth-order valence-electron chi connectivity index (χ4n) is 14.9. The van der Waals surface area contributed by atoms with E-state index in [1.165, 1.54) is 4.90 Å². The summed E-state index contributed by atoms with van der Waals surface area (Å²) in [6, 6.07) is 67.2. The van der Waals surface area contributed by atoms with E-state index in [4.69, 9.17) is 70.1 Å². The van der Waals surface area contributed by atoms with Crippen LogP contribution >= 0.6 is 46.4 Å². The minimum atomic E-state index is -0.623. The van der Waals surface area contributed by atoms with Crippen LogP contribution in [0.25, 0.3) is 0 Å². The van der Waals surface area contributed by atoms with E-state index in [0.717, 1.165) is 55.5 Å². The van der Waals surface area contributed by atoms with Gasteiger partial charge >= 0.3 is 30.0 Å². The first-order valence-corrected chi connectivity index (χ1v) is 43.3. The first kappa shape index (κ1) is 101. The van der Waals surface area contributed by atoms with Crippen molar-refractivity contribution < 1.29 is 95.3 Å². The van der Waals surface area contributed by atoms with Crippen molar-refractivity contribution in [2.75, 3.05) is 81.1 Å². The molecule has 8 aromatic rings. The van der Waals surface area contributed by atoms with Crippen molar-refractivity contribution in [2.45, 2.75) is 144 Å². The molecule has 8 aromatic carbocycles. The number of ether oxygens (including phenoxy) is 5. The van der Waals surface area contributed by atoms with Crippen LogP contribution in [-0.4, -0.2) is 169 Å². The summed E-state index contributed by atoms with van der Waals surface area (Å²) in [7, 11) is 10.2. The van der Waals surface area contributed by atoms with E-state index in [9.17, 15) is 43.2 Å². The maximum Gasteiger partial charge on any atom is 0.407 e. The van der Waals surface area contributed by atoms with Gasteiger partial charge in [0.25, 0.3) is 0 Å². The smallest absolute Gasteiger partial charge is 0.407 e. The summed E-state index contributed by atoms with van der Waals surface area (Å²) in [5, 5.41) is 5.07. The van der Waals surface area contributed by atoms with Gasteiger partial charge in [-0.2, -0.15) is 0 Å². The Labute approximate surface area is 778 Å². The minimum Gasteiger partial charge on any atom is -1.00 e. The monoisotopic (exact) mass is 1900 g/mol. The van der Waals surface area contributed by atoms with Gasteiger partial charge in [0.15, 0.2) is 0 Å². The second-order valence-electron chi connectivity index (χ2n) is 33.8. The third-order valence-electron chi connectivity index (χ3n) is 21.4. The van der Waals surface area contributed by atoms with Crippen LogP contribution in [-0.2, 0) is 88.5 Å².